The average molecular weight is 342 g/mol. The van der Waals surface area contributed by atoms with Crippen molar-refractivity contribution in [3.8, 4) is 0 Å². The van der Waals surface area contributed by atoms with Gasteiger partial charge in [0, 0.05) is 50.3 Å². The van der Waals surface area contributed by atoms with Crippen molar-refractivity contribution >= 4 is 11.9 Å². The molecule has 25 heavy (non-hydrogen) atoms. The molecule has 5 rings (SSSR count). The number of nitrogens with zero attached hydrogens (tertiary/aromatic N) is 4. The first kappa shape index (κ1) is 15.6. The summed E-state index contributed by atoms with van der Waals surface area (Å²) in [5.74, 6) is 3.08. The molecule has 0 spiro atoms. The number of anilines is 1. The van der Waals surface area contributed by atoms with Gasteiger partial charge < -0.3 is 14.5 Å². The van der Waals surface area contributed by atoms with E-state index in [9.17, 15) is 4.79 Å². The van der Waals surface area contributed by atoms with Gasteiger partial charge >= 0.3 is 0 Å². The quantitative estimate of drug-likeness (QED) is 0.818. The number of fused-ring (bicyclic) bond motifs is 2. The molecule has 2 saturated carbocycles. The van der Waals surface area contributed by atoms with Crippen LogP contribution in [0.15, 0.2) is 6.20 Å². The van der Waals surface area contributed by atoms with Gasteiger partial charge in [0.1, 0.15) is 0 Å². The number of ether oxygens (including phenoxy) is 1. The predicted octanol–water partition coefficient (Wildman–Crippen LogP) is 1.63. The van der Waals surface area contributed by atoms with E-state index in [1.165, 1.54) is 19.3 Å². The number of rotatable bonds is 2. The van der Waals surface area contributed by atoms with Gasteiger partial charge in [-0.2, -0.15) is 0 Å². The van der Waals surface area contributed by atoms with E-state index in [4.69, 9.17) is 9.72 Å². The molecule has 0 aromatic carbocycles. The third-order valence-electron chi connectivity index (χ3n) is 6.67. The number of carbonyl (C=O) groups excluding carboxylic acids is 1. The number of carbonyl (C=O) groups is 1. The molecule has 134 valence electrons. The van der Waals surface area contributed by atoms with Crippen molar-refractivity contribution in [3.05, 3.63) is 17.5 Å². The fourth-order valence-electron chi connectivity index (χ4n) is 5.11. The summed E-state index contributed by atoms with van der Waals surface area (Å²) in [6.45, 7) is 4.65. The highest BCUT2D eigenvalue weighted by atomic mass is 16.5. The van der Waals surface area contributed by atoms with E-state index in [1.807, 2.05) is 6.20 Å². The summed E-state index contributed by atoms with van der Waals surface area (Å²) in [6, 6.07) is 0. The second-order valence-electron chi connectivity index (χ2n) is 7.95. The van der Waals surface area contributed by atoms with E-state index in [0.717, 1.165) is 68.8 Å². The van der Waals surface area contributed by atoms with Crippen molar-refractivity contribution in [2.24, 2.45) is 17.8 Å². The van der Waals surface area contributed by atoms with Crippen molar-refractivity contribution in [2.75, 3.05) is 37.7 Å². The van der Waals surface area contributed by atoms with E-state index in [1.54, 1.807) is 0 Å². The van der Waals surface area contributed by atoms with Gasteiger partial charge in [-0.25, -0.2) is 9.97 Å². The third-order valence-corrected chi connectivity index (χ3v) is 6.67. The zero-order chi connectivity index (χ0) is 16.8. The minimum absolute atomic E-state index is 0.319. The van der Waals surface area contributed by atoms with Gasteiger partial charge in [0.15, 0.2) is 0 Å². The molecule has 6 nitrogen and oxygen atoms in total. The summed E-state index contributed by atoms with van der Waals surface area (Å²) >= 11 is 0. The molecule has 1 aromatic rings. The van der Waals surface area contributed by atoms with Crippen molar-refractivity contribution in [3.63, 3.8) is 0 Å². The highest BCUT2D eigenvalue weighted by molar-refractivity contribution is 5.80. The maximum Gasteiger partial charge on any atom is 0.226 e. The molecule has 2 aliphatic heterocycles. The second-order valence-corrected chi connectivity index (χ2v) is 7.95. The Hall–Kier alpha value is -1.69. The summed E-state index contributed by atoms with van der Waals surface area (Å²) in [5, 5.41) is 0. The Morgan fingerprint density at radius 3 is 2.92 bits per heavy atom. The molecule has 0 N–H and O–H groups in total. The molecule has 3 atom stereocenters. The normalized spacial score (nSPS) is 31.3. The Labute approximate surface area is 148 Å². The summed E-state index contributed by atoms with van der Waals surface area (Å²) in [7, 11) is 0. The van der Waals surface area contributed by atoms with Crippen LogP contribution in [0, 0.1) is 17.8 Å². The Kier molecular flexibility index (Phi) is 3.88. The van der Waals surface area contributed by atoms with Crippen LogP contribution in [0.3, 0.4) is 0 Å². The molecule has 1 saturated heterocycles. The van der Waals surface area contributed by atoms with Gasteiger partial charge in [0.05, 0.1) is 18.9 Å². The molecular formula is C19H26N4O2. The van der Waals surface area contributed by atoms with Crippen LogP contribution in [0.25, 0.3) is 0 Å². The lowest BCUT2D eigenvalue weighted by Gasteiger charge is -2.44. The van der Waals surface area contributed by atoms with Crippen LogP contribution in [0.2, 0.25) is 0 Å². The number of amides is 1. The molecular weight excluding hydrogens is 316 g/mol. The van der Waals surface area contributed by atoms with Gasteiger partial charge in [-0.3, -0.25) is 4.79 Å². The van der Waals surface area contributed by atoms with E-state index < -0.39 is 0 Å². The molecule has 2 aliphatic carbocycles. The first-order chi connectivity index (χ1) is 12.3. The Bertz CT molecular complexity index is 671. The monoisotopic (exact) mass is 342 g/mol. The molecule has 1 aromatic heterocycles. The lowest BCUT2D eigenvalue weighted by molar-refractivity contribution is -0.143. The van der Waals surface area contributed by atoms with Crippen molar-refractivity contribution in [1.82, 2.24) is 14.9 Å². The summed E-state index contributed by atoms with van der Waals surface area (Å²) in [6.07, 6.45) is 7.86. The Morgan fingerprint density at radius 1 is 1.20 bits per heavy atom. The van der Waals surface area contributed by atoms with Crippen LogP contribution in [0.4, 0.5) is 5.95 Å². The van der Waals surface area contributed by atoms with Crippen LogP contribution < -0.4 is 4.90 Å². The Morgan fingerprint density at radius 2 is 2.08 bits per heavy atom. The van der Waals surface area contributed by atoms with Crippen LogP contribution in [-0.4, -0.2) is 53.6 Å². The zero-order valence-corrected chi connectivity index (χ0v) is 14.7. The van der Waals surface area contributed by atoms with E-state index >= 15 is 0 Å². The number of hydrogen-bond acceptors (Lipinski definition) is 5. The first-order valence-electron chi connectivity index (χ1n) is 9.76. The van der Waals surface area contributed by atoms with E-state index in [2.05, 4.69) is 14.8 Å². The van der Waals surface area contributed by atoms with Crippen molar-refractivity contribution < 1.29 is 9.53 Å². The van der Waals surface area contributed by atoms with Crippen LogP contribution in [0.1, 0.15) is 36.9 Å². The zero-order valence-electron chi connectivity index (χ0n) is 14.7. The molecule has 4 aliphatic rings. The van der Waals surface area contributed by atoms with Crippen molar-refractivity contribution in [1.29, 1.82) is 0 Å². The van der Waals surface area contributed by atoms with Crippen LogP contribution >= 0.6 is 0 Å². The second kappa shape index (κ2) is 6.24. The molecule has 3 unspecified atom stereocenters. The highest BCUT2D eigenvalue weighted by Gasteiger charge is 2.48. The number of hydrogen-bond donors (Lipinski definition) is 0. The highest BCUT2D eigenvalue weighted by Crippen LogP contribution is 2.51. The topological polar surface area (TPSA) is 58.6 Å². The summed E-state index contributed by atoms with van der Waals surface area (Å²) in [5.41, 5.74) is 2.23. The van der Waals surface area contributed by atoms with Crippen LogP contribution in [-0.2, 0) is 22.6 Å². The van der Waals surface area contributed by atoms with E-state index in [0.29, 0.717) is 24.3 Å². The van der Waals surface area contributed by atoms with E-state index in [-0.39, 0.29) is 0 Å². The molecule has 0 radical (unpaired) electrons. The minimum atomic E-state index is 0.319. The van der Waals surface area contributed by atoms with Gasteiger partial charge in [-0.1, -0.05) is 12.8 Å². The molecule has 1 amide bonds. The molecule has 0 bridgehead atoms. The summed E-state index contributed by atoms with van der Waals surface area (Å²) in [4.78, 5) is 26.4. The van der Waals surface area contributed by atoms with Gasteiger partial charge in [0.2, 0.25) is 11.9 Å². The molecule has 3 heterocycles. The largest absolute Gasteiger partial charge is 0.376 e. The maximum atomic E-state index is 12.8. The SMILES string of the molecule is O=C(C1CC2CCCC21)N1CCN(c2ncc3c(n2)CCOC3)CC1. The number of piperazine rings is 1. The predicted molar refractivity (Wildman–Crippen MR) is 93.1 cm³/mol. The fraction of sp³-hybridized carbons (Fsp3) is 0.737. The van der Waals surface area contributed by atoms with Gasteiger partial charge in [0.25, 0.3) is 0 Å². The Balaban J connectivity index is 1.20. The lowest BCUT2D eigenvalue weighted by Crippen LogP contribution is -2.54. The molecule has 6 heteroatoms. The number of aromatic nitrogens is 2. The van der Waals surface area contributed by atoms with Crippen molar-refractivity contribution in [2.45, 2.75) is 38.7 Å². The standard InChI is InChI=1S/C19H26N4O2/c24-18(16-10-13-2-1-3-15(13)16)22-5-7-23(8-6-22)19-20-11-14-12-25-9-4-17(14)21-19/h11,13,15-16H,1-10,12H2. The summed E-state index contributed by atoms with van der Waals surface area (Å²) < 4.78 is 5.45. The first-order valence-corrected chi connectivity index (χ1v) is 9.76. The fourth-order valence-corrected chi connectivity index (χ4v) is 5.11. The van der Waals surface area contributed by atoms with Gasteiger partial charge in [-0.05, 0) is 24.7 Å². The van der Waals surface area contributed by atoms with Crippen LogP contribution in [0.5, 0.6) is 0 Å². The lowest BCUT2D eigenvalue weighted by atomic mass is 9.66. The van der Waals surface area contributed by atoms with Gasteiger partial charge in [-0.15, -0.1) is 0 Å². The molecule has 3 fully saturated rings. The maximum absolute atomic E-state index is 12.8. The average Bonchev–Trinajstić information content (AvgIpc) is 3.02. The third kappa shape index (κ3) is 2.71. The minimum Gasteiger partial charge on any atom is -0.376 e. The smallest absolute Gasteiger partial charge is 0.226 e.